The van der Waals surface area contributed by atoms with Gasteiger partial charge in [-0.25, -0.2) is 4.79 Å². The smallest absolute Gasteiger partial charge is 0.419 e. The van der Waals surface area contributed by atoms with Gasteiger partial charge in [0.25, 0.3) is 0 Å². The van der Waals surface area contributed by atoms with Crippen molar-refractivity contribution < 1.29 is 27.8 Å². The monoisotopic (exact) mass is 298 g/mol. The summed E-state index contributed by atoms with van der Waals surface area (Å²) in [7, 11) is 0. The molecule has 2 rings (SSSR count). The van der Waals surface area contributed by atoms with E-state index in [4.69, 9.17) is 9.84 Å². The van der Waals surface area contributed by atoms with E-state index in [0.29, 0.717) is 12.8 Å². The van der Waals surface area contributed by atoms with Crippen molar-refractivity contribution >= 4 is 5.97 Å². The quantitative estimate of drug-likeness (QED) is 0.865. The molecule has 6 heteroatoms. The van der Waals surface area contributed by atoms with Crippen molar-refractivity contribution in [3.8, 4) is 17.6 Å². The lowest BCUT2D eigenvalue weighted by atomic mass is 9.80. The maximum Gasteiger partial charge on any atom is 0.419 e. The fourth-order valence-electron chi connectivity index (χ4n) is 2.16. The van der Waals surface area contributed by atoms with E-state index in [1.165, 1.54) is 0 Å². The van der Waals surface area contributed by atoms with Gasteiger partial charge in [0.2, 0.25) is 0 Å². The first-order chi connectivity index (χ1) is 9.77. The highest BCUT2D eigenvalue weighted by atomic mass is 19.4. The van der Waals surface area contributed by atoms with Crippen LogP contribution in [0.25, 0.3) is 0 Å². The summed E-state index contributed by atoms with van der Waals surface area (Å²) in [5.74, 6) is 3.65. The molecule has 0 spiro atoms. The molecule has 0 bridgehead atoms. The van der Waals surface area contributed by atoms with E-state index in [1.807, 2.05) is 0 Å². The third-order valence-electron chi connectivity index (χ3n) is 3.35. The van der Waals surface area contributed by atoms with Crippen molar-refractivity contribution in [3.63, 3.8) is 0 Å². The number of halogens is 3. The largest absolute Gasteiger partial charge is 0.478 e. The molecule has 1 aliphatic rings. The Labute approximate surface area is 119 Å². The lowest BCUT2D eigenvalue weighted by Crippen LogP contribution is -2.42. The van der Waals surface area contributed by atoms with E-state index in [2.05, 4.69) is 11.8 Å². The number of hydrogen-bond donors (Lipinski definition) is 1. The maximum atomic E-state index is 13.0. The summed E-state index contributed by atoms with van der Waals surface area (Å²) in [6, 6.07) is 2.55. The predicted octanol–water partition coefficient (Wildman–Crippen LogP) is 3.73. The molecule has 0 aliphatic heterocycles. The van der Waals surface area contributed by atoms with Crippen molar-refractivity contribution in [2.75, 3.05) is 0 Å². The van der Waals surface area contributed by atoms with Crippen molar-refractivity contribution in [2.24, 2.45) is 0 Å². The van der Waals surface area contributed by atoms with E-state index in [9.17, 15) is 18.0 Å². The Hall–Kier alpha value is -2.16. The standard InChI is InChI=1S/C15H13F3O3/c1-2-6-14(7-3-8-14)21-12-9-10(13(19)20)4-5-11(12)15(16,17)18/h4-5,9H,3,7-8H2,1H3,(H,19,20). The number of carboxylic acids is 1. The highest BCUT2D eigenvalue weighted by Crippen LogP contribution is 2.42. The molecule has 1 N–H and O–H groups in total. The molecule has 0 atom stereocenters. The van der Waals surface area contributed by atoms with Gasteiger partial charge in [-0.2, -0.15) is 13.2 Å². The number of carboxylic acid groups (broad SMARTS) is 1. The lowest BCUT2D eigenvalue weighted by molar-refractivity contribution is -0.140. The van der Waals surface area contributed by atoms with Crippen LogP contribution >= 0.6 is 0 Å². The molecule has 0 amide bonds. The van der Waals surface area contributed by atoms with E-state index in [0.717, 1.165) is 24.6 Å². The van der Waals surface area contributed by atoms with E-state index < -0.39 is 29.1 Å². The van der Waals surface area contributed by atoms with Crippen LogP contribution in [0, 0.1) is 11.8 Å². The van der Waals surface area contributed by atoms with Crippen LogP contribution in [0.3, 0.4) is 0 Å². The van der Waals surface area contributed by atoms with Crippen LogP contribution in [-0.4, -0.2) is 16.7 Å². The molecule has 1 saturated carbocycles. The summed E-state index contributed by atoms with van der Waals surface area (Å²) in [4.78, 5) is 10.9. The Morgan fingerprint density at radius 1 is 1.38 bits per heavy atom. The minimum absolute atomic E-state index is 0.253. The fraction of sp³-hybridized carbons (Fsp3) is 0.400. The zero-order valence-electron chi connectivity index (χ0n) is 11.3. The fourth-order valence-corrected chi connectivity index (χ4v) is 2.16. The molecule has 21 heavy (non-hydrogen) atoms. The molecule has 1 fully saturated rings. The van der Waals surface area contributed by atoms with Crippen LogP contribution in [-0.2, 0) is 6.18 Å². The second kappa shape index (κ2) is 5.32. The molecular weight excluding hydrogens is 285 g/mol. The molecule has 0 heterocycles. The first kappa shape index (κ1) is 15.2. The Morgan fingerprint density at radius 2 is 2.05 bits per heavy atom. The minimum atomic E-state index is -4.61. The van der Waals surface area contributed by atoms with Gasteiger partial charge in [0.05, 0.1) is 11.1 Å². The van der Waals surface area contributed by atoms with E-state index in [-0.39, 0.29) is 5.56 Å². The highest BCUT2D eigenvalue weighted by Gasteiger charge is 2.41. The molecule has 0 unspecified atom stereocenters. The molecule has 0 radical (unpaired) electrons. The average Bonchev–Trinajstić information content (AvgIpc) is 2.34. The number of rotatable bonds is 3. The van der Waals surface area contributed by atoms with Crippen LogP contribution < -0.4 is 4.74 Å². The Balaban J connectivity index is 2.45. The van der Waals surface area contributed by atoms with Gasteiger partial charge >= 0.3 is 12.1 Å². The highest BCUT2D eigenvalue weighted by molar-refractivity contribution is 5.88. The van der Waals surface area contributed by atoms with E-state index >= 15 is 0 Å². The van der Waals surface area contributed by atoms with Crippen LogP contribution in [0.1, 0.15) is 42.1 Å². The molecule has 112 valence electrons. The predicted molar refractivity (Wildman–Crippen MR) is 69.1 cm³/mol. The zero-order chi connectivity index (χ0) is 15.7. The number of benzene rings is 1. The van der Waals surface area contributed by atoms with Gasteiger partial charge in [-0.1, -0.05) is 5.92 Å². The zero-order valence-corrected chi connectivity index (χ0v) is 11.3. The summed E-state index contributed by atoms with van der Waals surface area (Å²) in [6.07, 6.45) is -2.74. The first-order valence-corrected chi connectivity index (χ1v) is 6.35. The van der Waals surface area contributed by atoms with Gasteiger partial charge in [0.15, 0.2) is 5.60 Å². The number of alkyl halides is 3. The summed E-state index contributed by atoms with van der Waals surface area (Å²) < 4.78 is 44.5. The number of aromatic carboxylic acids is 1. The van der Waals surface area contributed by atoms with Gasteiger partial charge in [0, 0.05) is 0 Å². The van der Waals surface area contributed by atoms with Gasteiger partial charge in [0.1, 0.15) is 5.75 Å². The van der Waals surface area contributed by atoms with Crippen molar-refractivity contribution in [3.05, 3.63) is 29.3 Å². The second-order valence-electron chi connectivity index (χ2n) is 4.84. The number of ether oxygens (including phenoxy) is 1. The molecule has 0 saturated heterocycles. The molecule has 1 aromatic carbocycles. The van der Waals surface area contributed by atoms with Crippen LogP contribution in [0.5, 0.6) is 5.75 Å². The number of hydrogen-bond acceptors (Lipinski definition) is 2. The SMILES string of the molecule is CC#CC1(Oc2cc(C(=O)O)ccc2C(F)(F)F)CCC1. The minimum Gasteiger partial charge on any atom is -0.478 e. The van der Waals surface area contributed by atoms with Gasteiger partial charge in [-0.3, -0.25) is 0 Å². The van der Waals surface area contributed by atoms with Gasteiger partial charge in [-0.05, 0) is 44.4 Å². The Bertz CT molecular complexity index is 619. The summed E-state index contributed by atoms with van der Waals surface area (Å²) in [5.41, 5.74) is -2.18. The lowest BCUT2D eigenvalue weighted by Gasteiger charge is -2.38. The third-order valence-corrected chi connectivity index (χ3v) is 3.35. The van der Waals surface area contributed by atoms with Gasteiger partial charge in [-0.15, -0.1) is 5.92 Å². The van der Waals surface area contributed by atoms with Crippen LogP contribution in [0.15, 0.2) is 18.2 Å². The second-order valence-corrected chi connectivity index (χ2v) is 4.84. The summed E-state index contributed by atoms with van der Waals surface area (Å²) in [6.45, 7) is 1.59. The van der Waals surface area contributed by atoms with Crippen molar-refractivity contribution in [2.45, 2.75) is 38.0 Å². The van der Waals surface area contributed by atoms with Crippen LogP contribution in [0.2, 0.25) is 0 Å². The van der Waals surface area contributed by atoms with Crippen molar-refractivity contribution in [1.29, 1.82) is 0 Å². The Kier molecular flexibility index (Phi) is 3.86. The first-order valence-electron chi connectivity index (χ1n) is 6.35. The summed E-state index contributed by atoms with van der Waals surface area (Å²) >= 11 is 0. The van der Waals surface area contributed by atoms with Crippen molar-refractivity contribution in [1.82, 2.24) is 0 Å². The topological polar surface area (TPSA) is 46.5 Å². The molecular formula is C15H13F3O3. The van der Waals surface area contributed by atoms with E-state index in [1.54, 1.807) is 6.92 Å². The Morgan fingerprint density at radius 3 is 2.48 bits per heavy atom. The molecule has 1 aliphatic carbocycles. The molecule has 0 aromatic heterocycles. The summed E-state index contributed by atoms with van der Waals surface area (Å²) in [5, 5.41) is 8.91. The normalized spacial score (nSPS) is 16.4. The number of carbonyl (C=O) groups is 1. The molecule has 1 aromatic rings. The maximum absolute atomic E-state index is 13.0. The molecule has 3 nitrogen and oxygen atoms in total. The van der Waals surface area contributed by atoms with Gasteiger partial charge < -0.3 is 9.84 Å². The average molecular weight is 298 g/mol. The van der Waals surface area contributed by atoms with Crippen LogP contribution in [0.4, 0.5) is 13.2 Å². The third kappa shape index (κ3) is 3.13.